The number of amides is 1. The molecule has 1 amide bonds. The maximum Gasteiger partial charge on any atom is 0.254 e. The van der Waals surface area contributed by atoms with Gasteiger partial charge in [-0.05, 0) is 68.0 Å². The van der Waals surface area contributed by atoms with Gasteiger partial charge in [-0.25, -0.2) is 4.98 Å². The van der Waals surface area contributed by atoms with Gasteiger partial charge in [-0.3, -0.25) is 4.79 Å². The van der Waals surface area contributed by atoms with Crippen molar-refractivity contribution in [3.05, 3.63) is 65.0 Å². The molecule has 1 aliphatic carbocycles. The summed E-state index contributed by atoms with van der Waals surface area (Å²) in [6.07, 6.45) is 4.71. The largest absolute Gasteiger partial charge is 0.334 e. The molecule has 0 spiro atoms. The van der Waals surface area contributed by atoms with Gasteiger partial charge in [0.15, 0.2) is 0 Å². The van der Waals surface area contributed by atoms with E-state index in [1.807, 2.05) is 31.3 Å². The molecular formula is C22H25N3O. The average Bonchev–Trinajstić information content (AvgIpc) is 3.03. The fraction of sp³-hybridized carbons (Fsp3) is 0.364. The first-order chi connectivity index (χ1) is 12.7. The minimum absolute atomic E-state index is 0.0630. The summed E-state index contributed by atoms with van der Waals surface area (Å²) < 4.78 is 2.19. The van der Waals surface area contributed by atoms with Crippen LogP contribution in [0.1, 0.15) is 47.1 Å². The summed E-state index contributed by atoms with van der Waals surface area (Å²) in [5.41, 5.74) is 5.64. The molecule has 0 aliphatic heterocycles. The van der Waals surface area contributed by atoms with E-state index < -0.39 is 0 Å². The maximum atomic E-state index is 12.9. The van der Waals surface area contributed by atoms with Gasteiger partial charge in [0.1, 0.15) is 5.82 Å². The van der Waals surface area contributed by atoms with Gasteiger partial charge in [0.05, 0.1) is 17.6 Å². The molecule has 4 heteroatoms. The Morgan fingerprint density at radius 1 is 1.12 bits per heavy atom. The molecule has 4 rings (SSSR count). The highest BCUT2D eigenvalue weighted by molar-refractivity contribution is 5.94. The Morgan fingerprint density at radius 2 is 1.88 bits per heavy atom. The van der Waals surface area contributed by atoms with Crippen molar-refractivity contribution in [2.75, 3.05) is 7.05 Å². The number of imidazole rings is 1. The normalized spacial score (nSPS) is 13.6. The topological polar surface area (TPSA) is 38.1 Å². The number of carbonyl (C=O) groups excluding carboxylic acids is 1. The molecule has 0 fully saturated rings. The van der Waals surface area contributed by atoms with E-state index in [1.54, 1.807) is 4.90 Å². The molecule has 0 atom stereocenters. The first-order valence-corrected chi connectivity index (χ1v) is 9.48. The van der Waals surface area contributed by atoms with E-state index in [2.05, 4.69) is 29.7 Å². The highest BCUT2D eigenvalue weighted by Gasteiger charge is 2.18. The number of aryl methyl sites for hydroxylation is 3. The van der Waals surface area contributed by atoms with Crippen molar-refractivity contribution in [2.24, 2.45) is 0 Å². The summed E-state index contributed by atoms with van der Waals surface area (Å²) in [4.78, 5) is 19.5. The van der Waals surface area contributed by atoms with Crippen LogP contribution in [-0.4, -0.2) is 27.4 Å². The number of hydrogen-bond acceptors (Lipinski definition) is 2. The van der Waals surface area contributed by atoms with Gasteiger partial charge in [0, 0.05) is 19.2 Å². The van der Waals surface area contributed by atoms with Crippen LogP contribution in [0.5, 0.6) is 0 Å². The number of carbonyl (C=O) groups is 1. The second-order valence-corrected chi connectivity index (χ2v) is 7.11. The molecule has 0 saturated carbocycles. The third kappa shape index (κ3) is 3.00. The van der Waals surface area contributed by atoms with Crippen LogP contribution >= 0.6 is 0 Å². The molecule has 4 nitrogen and oxygen atoms in total. The van der Waals surface area contributed by atoms with E-state index >= 15 is 0 Å². The van der Waals surface area contributed by atoms with Crippen molar-refractivity contribution in [3.63, 3.8) is 0 Å². The van der Waals surface area contributed by atoms with Crippen LogP contribution in [0.25, 0.3) is 11.0 Å². The Hall–Kier alpha value is -2.62. The fourth-order valence-corrected chi connectivity index (χ4v) is 3.97. The smallest absolute Gasteiger partial charge is 0.254 e. The van der Waals surface area contributed by atoms with E-state index in [0.29, 0.717) is 6.54 Å². The minimum Gasteiger partial charge on any atom is -0.334 e. The van der Waals surface area contributed by atoms with Crippen molar-refractivity contribution in [2.45, 2.75) is 45.7 Å². The Labute approximate surface area is 154 Å². The van der Waals surface area contributed by atoms with Crippen molar-refractivity contribution in [1.29, 1.82) is 0 Å². The van der Waals surface area contributed by atoms with Gasteiger partial charge in [-0.1, -0.05) is 18.2 Å². The summed E-state index contributed by atoms with van der Waals surface area (Å²) in [5, 5.41) is 0. The van der Waals surface area contributed by atoms with Gasteiger partial charge in [0.2, 0.25) is 0 Å². The van der Waals surface area contributed by atoms with E-state index in [1.165, 1.54) is 24.0 Å². The minimum atomic E-state index is 0.0630. The third-order valence-electron chi connectivity index (χ3n) is 5.37. The summed E-state index contributed by atoms with van der Waals surface area (Å²) in [5.74, 6) is 0.996. The van der Waals surface area contributed by atoms with Crippen LogP contribution in [0, 0.1) is 0 Å². The van der Waals surface area contributed by atoms with Crippen molar-refractivity contribution in [1.82, 2.24) is 14.5 Å². The first kappa shape index (κ1) is 16.8. The molecule has 1 aromatic heterocycles. The highest BCUT2D eigenvalue weighted by Crippen LogP contribution is 2.23. The van der Waals surface area contributed by atoms with Gasteiger partial charge in [-0.15, -0.1) is 0 Å². The Kier molecular flexibility index (Phi) is 4.49. The molecule has 0 saturated heterocycles. The van der Waals surface area contributed by atoms with Gasteiger partial charge in [-0.2, -0.15) is 0 Å². The molecule has 1 aliphatic rings. The summed E-state index contributed by atoms with van der Waals surface area (Å²) in [6, 6.07) is 14.3. The molecule has 0 radical (unpaired) electrons. The summed E-state index contributed by atoms with van der Waals surface area (Å²) in [7, 11) is 1.86. The predicted octanol–water partition coefficient (Wildman–Crippen LogP) is 4.21. The zero-order chi connectivity index (χ0) is 18.1. The van der Waals surface area contributed by atoms with Crippen molar-refractivity contribution in [3.8, 4) is 0 Å². The highest BCUT2D eigenvalue weighted by atomic mass is 16.2. The number of rotatable bonds is 4. The number of para-hydroxylation sites is 2. The van der Waals surface area contributed by atoms with Gasteiger partial charge in [0.25, 0.3) is 5.91 Å². The number of fused-ring (bicyclic) bond motifs is 2. The molecule has 26 heavy (non-hydrogen) atoms. The van der Waals surface area contributed by atoms with Crippen molar-refractivity contribution >= 4 is 16.9 Å². The zero-order valence-corrected chi connectivity index (χ0v) is 15.5. The molecule has 2 aromatic carbocycles. The van der Waals surface area contributed by atoms with Crippen molar-refractivity contribution < 1.29 is 4.79 Å². The number of hydrogen-bond donors (Lipinski definition) is 0. The van der Waals surface area contributed by atoms with Crippen LogP contribution in [0.2, 0.25) is 0 Å². The Balaban J connectivity index is 1.58. The summed E-state index contributed by atoms with van der Waals surface area (Å²) in [6.45, 7) is 3.47. The van der Waals surface area contributed by atoms with Crippen LogP contribution in [0.4, 0.5) is 0 Å². The van der Waals surface area contributed by atoms with E-state index in [0.717, 1.165) is 41.8 Å². The SMILES string of the molecule is CCn1c(CN(C)C(=O)c2ccc3c(c2)CCCC3)nc2ccccc21. The van der Waals surface area contributed by atoms with Crippen LogP contribution in [0.3, 0.4) is 0 Å². The van der Waals surface area contributed by atoms with E-state index in [9.17, 15) is 4.79 Å². The second-order valence-electron chi connectivity index (χ2n) is 7.11. The Morgan fingerprint density at radius 3 is 2.69 bits per heavy atom. The quantitative estimate of drug-likeness (QED) is 0.709. The monoisotopic (exact) mass is 347 g/mol. The molecule has 0 bridgehead atoms. The lowest BCUT2D eigenvalue weighted by Gasteiger charge is -2.20. The standard InChI is InChI=1S/C22H25N3O/c1-3-25-20-11-7-6-10-19(20)23-21(25)15-24(2)22(26)18-13-12-16-8-4-5-9-17(16)14-18/h6-7,10-14H,3-5,8-9,15H2,1-2H3. The van der Waals surface area contributed by atoms with Crippen LogP contribution in [-0.2, 0) is 25.9 Å². The molecule has 0 unspecified atom stereocenters. The van der Waals surface area contributed by atoms with Gasteiger partial charge < -0.3 is 9.47 Å². The lowest BCUT2D eigenvalue weighted by Crippen LogP contribution is -2.28. The number of nitrogens with zero attached hydrogens (tertiary/aromatic N) is 3. The molecular weight excluding hydrogens is 322 g/mol. The zero-order valence-electron chi connectivity index (χ0n) is 15.5. The van der Waals surface area contributed by atoms with E-state index in [4.69, 9.17) is 4.98 Å². The lowest BCUT2D eigenvalue weighted by molar-refractivity contribution is 0.0780. The Bertz CT molecular complexity index is 957. The fourth-order valence-electron chi connectivity index (χ4n) is 3.97. The molecule has 1 heterocycles. The maximum absolute atomic E-state index is 12.9. The average molecular weight is 347 g/mol. The first-order valence-electron chi connectivity index (χ1n) is 9.48. The second kappa shape index (κ2) is 6.94. The van der Waals surface area contributed by atoms with Gasteiger partial charge >= 0.3 is 0 Å². The molecule has 0 N–H and O–H groups in total. The van der Waals surface area contributed by atoms with Crippen LogP contribution in [0.15, 0.2) is 42.5 Å². The molecule has 3 aromatic rings. The lowest BCUT2D eigenvalue weighted by atomic mass is 9.90. The number of benzene rings is 2. The molecule has 134 valence electrons. The number of aromatic nitrogens is 2. The summed E-state index contributed by atoms with van der Waals surface area (Å²) >= 11 is 0. The van der Waals surface area contributed by atoms with E-state index in [-0.39, 0.29) is 5.91 Å². The van der Waals surface area contributed by atoms with Crippen LogP contribution < -0.4 is 0 Å². The third-order valence-corrected chi connectivity index (χ3v) is 5.37. The predicted molar refractivity (Wildman–Crippen MR) is 104 cm³/mol.